The first-order valence-corrected chi connectivity index (χ1v) is 23.0. The van der Waals surface area contributed by atoms with Gasteiger partial charge in [0.2, 0.25) is 29.2 Å². The standard InChI is InChI=1S/C50H62N6O11/c1-6-50(67-49(63)66-25-33-17-18-34(22-30(33)4)53-47(61)42(16-9-10-20-51)54-45(60)28-64-27-44(52)59)40-24-38-32(23-43(58)39(40)26-65-48(50)62)12-11-14-37-35(19-21-56(29(2)3)31(5)57)36-13-7-8-15-41(36)55-46(37)38/h7-8,13,15,17-18,22,24,29,32,42H,6,9-12,14,16,19-21,23,25-28,51H2,1-5H3,(H2,52,59)(H,53,61)(H,54,60)/t32?,42-,50-/m0/s1. The molecule has 1 aromatic heterocycles. The van der Waals surface area contributed by atoms with Gasteiger partial charge < -0.3 is 45.9 Å². The smallest absolute Gasteiger partial charge is 0.457 e. The average Bonchev–Trinajstić information content (AvgIpc) is 3.53. The first kappa shape index (κ1) is 50.0. The van der Waals surface area contributed by atoms with Gasteiger partial charge in [-0.25, -0.2) is 14.6 Å². The number of ether oxygens (including phenoxy) is 4. The van der Waals surface area contributed by atoms with Crippen LogP contribution in [0.3, 0.4) is 0 Å². The van der Waals surface area contributed by atoms with Crippen LogP contribution in [0, 0.1) is 12.8 Å². The van der Waals surface area contributed by atoms with E-state index in [2.05, 4.69) is 10.6 Å². The number of ketones is 1. The minimum atomic E-state index is -2.00. The number of benzene rings is 2. The lowest BCUT2D eigenvalue weighted by atomic mass is 9.83. The lowest BCUT2D eigenvalue weighted by Crippen LogP contribution is -2.49. The van der Waals surface area contributed by atoms with Crippen molar-refractivity contribution in [2.24, 2.45) is 17.4 Å². The summed E-state index contributed by atoms with van der Waals surface area (Å²) in [6, 6.07) is 12.0. The van der Waals surface area contributed by atoms with Crippen LogP contribution < -0.4 is 22.1 Å². The zero-order chi connectivity index (χ0) is 48.4. The molecule has 2 aliphatic carbocycles. The number of nitrogens with two attached hydrogens (primary N) is 2. The molecule has 67 heavy (non-hydrogen) atoms. The number of Topliss-reactive ketones (excluding diaryl/α,β-unsaturated/α-hetero) is 1. The van der Waals surface area contributed by atoms with Gasteiger partial charge in [0.25, 0.3) is 0 Å². The number of hydrogen-bond acceptors (Lipinski definition) is 13. The molecule has 1 aliphatic heterocycles. The second-order valence-corrected chi connectivity index (χ2v) is 17.6. The molecular formula is C50H62N6O11. The Bertz CT molecular complexity index is 2480. The van der Waals surface area contributed by atoms with Crippen LogP contribution in [0.4, 0.5) is 10.5 Å². The quantitative estimate of drug-likeness (QED) is 0.0908. The van der Waals surface area contributed by atoms with Gasteiger partial charge in [-0.05, 0) is 137 Å². The van der Waals surface area contributed by atoms with Crippen molar-refractivity contribution in [2.75, 3.05) is 38.2 Å². The van der Waals surface area contributed by atoms with Gasteiger partial charge in [-0.3, -0.25) is 24.0 Å². The number of allylic oxidation sites excluding steroid dienone is 1. The number of nitrogens with zero attached hydrogens (tertiary/aromatic N) is 2. The zero-order valence-corrected chi connectivity index (χ0v) is 39.0. The Kier molecular flexibility index (Phi) is 16.7. The number of primary amides is 1. The fraction of sp³-hybridized carbons (Fsp3) is 0.480. The normalized spacial score (nSPS) is 18.3. The maximum Gasteiger partial charge on any atom is 0.510 e. The number of aryl methyl sites for hydroxylation is 1. The minimum absolute atomic E-state index is 0.00586. The maximum absolute atomic E-state index is 14.2. The lowest BCUT2D eigenvalue weighted by molar-refractivity contribution is -0.165. The van der Waals surface area contributed by atoms with Crippen LogP contribution in [-0.2, 0) is 67.2 Å². The van der Waals surface area contributed by atoms with Crippen molar-refractivity contribution in [3.63, 3.8) is 0 Å². The van der Waals surface area contributed by atoms with E-state index in [9.17, 15) is 33.6 Å². The number of unbranched alkanes of at least 4 members (excludes halogenated alkanes) is 1. The number of rotatable bonds is 19. The van der Waals surface area contributed by atoms with Crippen molar-refractivity contribution < 1.29 is 52.5 Å². The fourth-order valence-electron chi connectivity index (χ4n) is 9.24. The highest BCUT2D eigenvalue weighted by Crippen LogP contribution is 2.46. The molecule has 17 nitrogen and oxygen atoms in total. The Morgan fingerprint density at radius 2 is 1.84 bits per heavy atom. The maximum atomic E-state index is 14.2. The van der Waals surface area contributed by atoms with E-state index < -0.39 is 54.7 Å². The Labute approximate surface area is 390 Å². The minimum Gasteiger partial charge on any atom is -0.457 e. The number of nitrogens with one attached hydrogen (secondary N) is 2. The molecule has 2 heterocycles. The van der Waals surface area contributed by atoms with Gasteiger partial charge in [-0.2, -0.15) is 0 Å². The summed E-state index contributed by atoms with van der Waals surface area (Å²) in [5, 5.41) is 6.43. The molecule has 17 heteroatoms. The van der Waals surface area contributed by atoms with Crippen LogP contribution >= 0.6 is 0 Å². The Balaban J connectivity index is 1.23. The molecule has 1 unspecified atom stereocenters. The number of para-hydroxylation sites is 1. The molecule has 3 aliphatic rings. The van der Waals surface area contributed by atoms with Gasteiger partial charge in [0.1, 0.15) is 32.5 Å². The summed E-state index contributed by atoms with van der Waals surface area (Å²) in [6.07, 6.45) is 5.07. The number of hydrogen-bond donors (Lipinski definition) is 4. The van der Waals surface area contributed by atoms with Crippen molar-refractivity contribution in [1.82, 2.24) is 15.2 Å². The van der Waals surface area contributed by atoms with E-state index in [1.807, 2.05) is 49.1 Å². The molecule has 6 rings (SSSR count). The van der Waals surface area contributed by atoms with Crippen LogP contribution in [0.5, 0.6) is 0 Å². The summed E-state index contributed by atoms with van der Waals surface area (Å²) in [5.74, 6) is -3.07. The monoisotopic (exact) mass is 922 g/mol. The van der Waals surface area contributed by atoms with Crippen LogP contribution in [-0.4, -0.2) is 102 Å². The van der Waals surface area contributed by atoms with E-state index in [1.54, 1.807) is 39.0 Å². The van der Waals surface area contributed by atoms with Gasteiger partial charge in [0.15, 0.2) is 5.78 Å². The van der Waals surface area contributed by atoms with Crippen LogP contribution in [0.15, 0.2) is 59.7 Å². The molecule has 3 atom stereocenters. The van der Waals surface area contributed by atoms with Crippen molar-refractivity contribution in [1.29, 1.82) is 0 Å². The van der Waals surface area contributed by atoms with Crippen LogP contribution in [0.2, 0.25) is 0 Å². The molecule has 358 valence electrons. The van der Waals surface area contributed by atoms with E-state index in [4.69, 9.17) is 35.4 Å². The third kappa shape index (κ3) is 11.7. The molecule has 0 saturated carbocycles. The van der Waals surface area contributed by atoms with Gasteiger partial charge in [0, 0.05) is 48.2 Å². The molecule has 2 aromatic carbocycles. The Morgan fingerprint density at radius 3 is 2.54 bits per heavy atom. The van der Waals surface area contributed by atoms with Crippen LogP contribution in [0.1, 0.15) is 101 Å². The molecule has 4 amide bonds. The largest absolute Gasteiger partial charge is 0.510 e. The third-order valence-corrected chi connectivity index (χ3v) is 12.7. The fourth-order valence-corrected chi connectivity index (χ4v) is 9.24. The van der Waals surface area contributed by atoms with Gasteiger partial charge in [-0.1, -0.05) is 31.2 Å². The van der Waals surface area contributed by atoms with Gasteiger partial charge >= 0.3 is 12.1 Å². The second kappa shape index (κ2) is 22.4. The van der Waals surface area contributed by atoms with Gasteiger partial charge in [0.05, 0.1) is 11.2 Å². The Hall–Kier alpha value is -6.46. The number of esters is 1. The lowest BCUT2D eigenvalue weighted by Gasteiger charge is -2.35. The number of aromatic nitrogens is 1. The van der Waals surface area contributed by atoms with Crippen LogP contribution in [0.25, 0.3) is 16.5 Å². The molecular weight excluding hydrogens is 861 g/mol. The molecule has 3 aromatic rings. The van der Waals surface area contributed by atoms with E-state index in [0.717, 1.165) is 39.7 Å². The highest BCUT2D eigenvalue weighted by atomic mass is 16.7. The van der Waals surface area contributed by atoms with E-state index in [0.29, 0.717) is 68.4 Å². The van der Waals surface area contributed by atoms with Gasteiger partial charge in [-0.15, -0.1) is 0 Å². The summed E-state index contributed by atoms with van der Waals surface area (Å²) >= 11 is 0. The van der Waals surface area contributed by atoms with E-state index in [-0.39, 0.29) is 60.9 Å². The summed E-state index contributed by atoms with van der Waals surface area (Å²) in [4.78, 5) is 98.3. The number of carbonyl (C=O) groups is 7. The number of fused-ring (bicyclic) bond motifs is 4. The third-order valence-electron chi connectivity index (χ3n) is 12.7. The summed E-state index contributed by atoms with van der Waals surface area (Å²) < 4.78 is 22.2. The highest BCUT2D eigenvalue weighted by Gasteiger charge is 2.52. The summed E-state index contributed by atoms with van der Waals surface area (Å²) in [7, 11) is 0. The van der Waals surface area contributed by atoms with Crippen molar-refractivity contribution in [3.8, 4) is 0 Å². The first-order valence-electron chi connectivity index (χ1n) is 23.0. The van der Waals surface area contributed by atoms with E-state index >= 15 is 0 Å². The summed E-state index contributed by atoms with van der Waals surface area (Å²) in [6.45, 7) is 8.52. The predicted octanol–water partition coefficient (Wildman–Crippen LogP) is 5.06. The topological polar surface area (TPSA) is 249 Å². The number of anilines is 1. The van der Waals surface area contributed by atoms with Crippen molar-refractivity contribution in [3.05, 3.63) is 87.6 Å². The van der Waals surface area contributed by atoms with E-state index in [1.165, 1.54) is 0 Å². The molecule has 0 saturated heterocycles. The molecule has 0 bridgehead atoms. The number of pyridine rings is 1. The Morgan fingerprint density at radius 1 is 1.06 bits per heavy atom. The zero-order valence-electron chi connectivity index (χ0n) is 39.0. The number of carbonyl (C=O) groups excluding carboxylic acids is 7. The molecule has 0 fully saturated rings. The second-order valence-electron chi connectivity index (χ2n) is 17.6. The number of amides is 4. The van der Waals surface area contributed by atoms with Crippen molar-refractivity contribution >= 4 is 63.7 Å². The first-order chi connectivity index (χ1) is 32.1. The summed E-state index contributed by atoms with van der Waals surface area (Å²) in [5.41, 5.74) is 15.3. The highest BCUT2D eigenvalue weighted by molar-refractivity contribution is 6.05. The SMILES string of the molecule is CC[C@@]1(OC(=O)OCc2ccc(NC(=O)[C@H](CCCCN)NC(=O)COCC(N)=O)cc2C)C(=O)OCC2=C1C=C1c3nc4ccccc4c(CCN(C(C)=O)C(C)C)c3CCCC1CC2=O. The average molecular weight is 923 g/mol. The molecule has 0 spiro atoms. The molecule has 6 N–H and O–H groups in total. The predicted molar refractivity (Wildman–Crippen MR) is 249 cm³/mol. The van der Waals surface area contributed by atoms with Crippen molar-refractivity contribution in [2.45, 2.75) is 117 Å². The number of cyclic esters (lactones) is 1. The molecule has 0 radical (unpaired) electrons.